The number of fused-ring (bicyclic) bond motifs is 1. The van der Waals surface area contributed by atoms with Crippen molar-refractivity contribution < 1.29 is 0 Å². The Morgan fingerprint density at radius 1 is 1.16 bits per heavy atom. The number of likely N-dealkylation sites (N-methyl/N-ethyl adjacent to an activating group) is 2. The fourth-order valence-electron chi connectivity index (χ4n) is 3.59. The summed E-state index contributed by atoms with van der Waals surface area (Å²) in [5.41, 5.74) is 2.92. The van der Waals surface area contributed by atoms with Crippen LogP contribution in [0.4, 0.5) is 0 Å². The van der Waals surface area contributed by atoms with Crippen molar-refractivity contribution in [3.8, 4) is 0 Å². The van der Waals surface area contributed by atoms with Crippen molar-refractivity contribution in [2.24, 2.45) is 4.99 Å². The Morgan fingerprint density at radius 2 is 1.92 bits per heavy atom. The number of halogens is 1. The van der Waals surface area contributed by atoms with Gasteiger partial charge in [0.1, 0.15) is 0 Å². The van der Waals surface area contributed by atoms with Crippen molar-refractivity contribution >= 4 is 29.9 Å². The van der Waals surface area contributed by atoms with Gasteiger partial charge in [-0.05, 0) is 38.6 Å². The SMILES string of the molecule is CCNC(=NCC1CN(C)CCN1C)N1CCc2ccccc2C1.I. The highest BCUT2D eigenvalue weighted by molar-refractivity contribution is 14.0. The fraction of sp³-hybridized carbons (Fsp3) is 0.632. The number of nitrogens with zero attached hydrogens (tertiary/aromatic N) is 4. The van der Waals surface area contributed by atoms with Crippen LogP contribution in [0, 0.1) is 0 Å². The normalized spacial score (nSPS) is 22.3. The minimum atomic E-state index is 0. The number of nitrogens with one attached hydrogen (secondary N) is 1. The highest BCUT2D eigenvalue weighted by Gasteiger charge is 2.23. The Labute approximate surface area is 169 Å². The molecule has 0 aliphatic carbocycles. The van der Waals surface area contributed by atoms with Crippen LogP contribution in [0.15, 0.2) is 29.3 Å². The lowest BCUT2D eigenvalue weighted by atomic mass is 10.0. The molecule has 25 heavy (non-hydrogen) atoms. The smallest absolute Gasteiger partial charge is 0.194 e. The molecular formula is C19H32IN5. The molecule has 0 saturated carbocycles. The summed E-state index contributed by atoms with van der Waals surface area (Å²) in [6.07, 6.45) is 1.10. The Morgan fingerprint density at radius 3 is 2.68 bits per heavy atom. The molecule has 1 aromatic rings. The van der Waals surface area contributed by atoms with Gasteiger partial charge in [-0.3, -0.25) is 9.89 Å². The largest absolute Gasteiger partial charge is 0.357 e. The molecule has 1 N–H and O–H groups in total. The lowest BCUT2D eigenvalue weighted by Crippen LogP contribution is -2.52. The summed E-state index contributed by atoms with van der Waals surface area (Å²) < 4.78 is 0. The second kappa shape index (κ2) is 9.73. The van der Waals surface area contributed by atoms with Gasteiger partial charge in [-0.2, -0.15) is 0 Å². The molecule has 1 fully saturated rings. The molecule has 3 rings (SSSR count). The molecular weight excluding hydrogens is 425 g/mol. The van der Waals surface area contributed by atoms with Crippen LogP contribution in [0.5, 0.6) is 0 Å². The molecule has 1 saturated heterocycles. The second-order valence-corrected chi connectivity index (χ2v) is 7.03. The van der Waals surface area contributed by atoms with Crippen LogP contribution in [-0.2, 0) is 13.0 Å². The summed E-state index contributed by atoms with van der Waals surface area (Å²) in [5, 5.41) is 3.49. The predicted molar refractivity (Wildman–Crippen MR) is 116 cm³/mol. The molecule has 2 aliphatic rings. The van der Waals surface area contributed by atoms with E-state index in [0.717, 1.165) is 58.2 Å². The van der Waals surface area contributed by atoms with E-state index in [-0.39, 0.29) is 24.0 Å². The van der Waals surface area contributed by atoms with Crippen molar-refractivity contribution in [3.05, 3.63) is 35.4 Å². The Bertz CT molecular complexity index is 577. The maximum atomic E-state index is 4.98. The summed E-state index contributed by atoms with van der Waals surface area (Å²) in [4.78, 5) is 12.2. The van der Waals surface area contributed by atoms with E-state index in [0.29, 0.717) is 6.04 Å². The first kappa shape index (κ1) is 20.5. The van der Waals surface area contributed by atoms with Crippen molar-refractivity contribution in [2.75, 3.05) is 53.4 Å². The van der Waals surface area contributed by atoms with E-state index in [1.807, 2.05) is 0 Å². The molecule has 5 nitrogen and oxygen atoms in total. The molecule has 0 bridgehead atoms. The van der Waals surface area contributed by atoms with Gasteiger partial charge in [0.05, 0.1) is 6.54 Å². The topological polar surface area (TPSA) is 34.1 Å². The van der Waals surface area contributed by atoms with Gasteiger partial charge in [-0.25, -0.2) is 0 Å². The number of hydrogen-bond donors (Lipinski definition) is 1. The number of piperazine rings is 1. The lowest BCUT2D eigenvalue weighted by Gasteiger charge is -2.37. The first-order chi connectivity index (χ1) is 11.7. The Hall–Kier alpha value is -0.860. The van der Waals surface area contributed by atoms with E-state index >= 15 is 0 Å². The van der Waals surface area contributed by atoms with Crippen molar-refractivity contribution in [1.82, 2.24) is 20.0 Å². The zero-order valence-corrected chi connectivity index (χ0v) is 18.1. The van der Waals surface area contributed by atoms with Gasteiger partial charge in [0.25, 0.3) is 0 Å². The molecule has 0 amide bonds. The standard InChI is InChI=1S/C19H31N5.HI/c1-4-20-19(21-13-18-15-22(2)11-12-23(18)3)24-10-9-16-7-5-6-8-17(16)14-24;/h5-8,18H,4,9-15H2,1-3H3,(H,20,21);1H. The van der Waals surface area contributed by atoms with Gasteiger partial charge < -0.3 is 15.1 Å². The number of rotatable bonds is 3. The molecule has 1 atom stereocenters. The first-order valence-corrected chi connectivity index (χ1v) is 9.16. The lowest BCUT2D eigenvalue weighted by molar-refractivity contribution is 0.119. The minimum Gasteiger partial charge on any atom is -0.357 e. The third kappa shape index (κ3) is 5.31. The van der Waals surface area contributed by atoms with Crippen LogP contribution in [0.3, 0.4) is 0 Å². The van der Waals surface area contributed by atoms with E-state index in [9.17, 15) is 0 Å². The molecule has 6 heteroatoms. The van der Waals surface area contributed by atoms with Crippen molar-refractivity contribution in [3.63, 3.8) is 0 Å². The molecule has 140 valence electrons. The molecule has 1 aromatic carbocycles. The van der Waals surface area contributed by atoms with Gasteiger partial charge in [-0.15, -0.1) is 24.0 Å². The van der Waals surface area contributed by atoms with Crippen LogP contribution < -0.4 is 5.32 Å². The Kier molecular flexibility index (Phi) is 7.96. The zero-order chi connectivity index (χ0) is 16.9. The zero-order valence-electron chi connectivity index (χ0n) is 15.7. The summed E-state index contributed by atoms with van der Waals surface area (Å²) in [5.74, 6) is 1.06. The molecule has 2 heterocycles. The van der Waals surface area contributed by atoms with Crippen molar-refractivity contribution in [1.29, 1.82) is 0 Å². The first-order valence-electron chi connectivity index (χ1n) is 9.16. The molecule has 1 unspecified atom stereocenters. The molecule has 0 spiro atoms. The Balaban J connectivity index is 0.00000225. The number of benzene rings is 1. The van der Waals surface area contributed by atoms with E-state index in [4.69, 9.17) is 4.99 Å². The van der Waals surface area contributed by atoms with Gasteiger partial charge in [-0.1, -0.05) is 24.3 Å². The average Bonchev–Trinajstić information content (AvgIpc) is 2.61. The molecule has 0 radical (unpaired) electrons. The second-order valence-electron chi connectivity index (χ2n) is 7.03. The van der Waals surface area contributed by atoms with Gasteiger partial charge >= 0.3 is 0 Å². The van der Waals surface area contributed by atoms with E-state index in [1.165, 1.54) is 11.1 Å². The highest BCUT2D eigenvalue weighted by Crippen LogP contribution is 2.18. The monoisotopic (exact) mass is 457 g/mol. The minimum absolute atomic E-state index is 0. The van der Waals surface area contributed by atoms with Crippen LogP contribution in [0.25, 0.3) is 0 Å². The van der Waals surface area contributed by atoms with E-state index in [2.05, 4.69) is 65.3 Å². The highest BCUT2D eigenvalue weighted by atomic mass is 127. The number of guanidine groups is 1. The molecule has 0 aromatic heterocycles. The van der Waals surface area contributed by atoms with Gasteiger partial charge in [0, 0.05) is 45.3 Å². The van der Waals surface area contributed by atoms with E-state index < -0.39 is 0 Å². The summed E-state index contributed by atoms with van der Waals surface area (Å²) in [7, 11) is 4.42. The summed E-state index contributed by atoms with van der Waals surface area (Å²) >= 11 is 0. The quantitative estimate of drug-likeness (QED) is 0.427. The maximum Gasteiger partial charge on any atom is 0.194 e. The van der Waals surface area contributed by atoms with Gasteiger partial charge in [0.2, 0.25) is 0 Å². The molecule has 2 aliphatic heterocycles. The van der Waals surface area contributed by atoms with Crippen LogP contribution in [-0.4, -0.2) is 80.1 Å². The van der Waals surface area contributed by atoms with Crippen LogP contribution in [0.1, 0.15) is 18.1 Å². The summed E-state index contributed by atoms with van der Waals surface area (Å²) in [6.45, 7) is 9.31. The predicted octanol–water partition coefficient (Wildman–Crippen LogP) is 1.87. The van der Waals surface area contributed by atoms with Crippen molar-refractivity contribution in [2.45, 2.75) is 25.9 Å². The average molecular weight is 457 g/mol. The van der Waals surface area contributed by atoms with Gasteiger partial charge in [0.15, 0.2) is 5.96 Å². The maximum absolute atomic E-state index is 4.98. The number of aliphatic imine (C=N–C) groups is 1. The third-order valence-corrected chi connectivity index (χ3v) is 5.20. The summed E-state index contributed by atoms with van der Waals surface area (Å²) in [6, 6.07) is 9.29. The van der Waals surface area contributed by atoms with Crippen LogP contribution >= 0.6 is 24.0 Å². The van der Waals surface area contributed by atoms with E-state index in [1.54, 1.807) is 0 Å². The number of hydrogen-bond acceptors (Lipinski definition) is 3. The van der Waals surface area contributed by atoms with Crippen LogP contribution in [0.2, 0.25) is 0 Å². The third-order valence-electron chi connectivity index (χ3n) is 5.20. The fourth-order valence-corrected chi connectivity index (χ4v) is 3.59.